The first-order chi connectivity index (χ1) is 15.1. The molecule has 6 heteroatoms. The second-order valence-corrected chi connectivity index (χ2v) is 7.88. The summed E-state index contributed by atoms with van der Waals surface area (Å²) in [4.78, 5) is 27.3. The minimum absolute atomic E-state index is 0.0213. The summed E-state index contributed by atoms with van der Waals surface area (Å²) in [7, 11) is 0. The zero-order chi connectivity index (χ0) is 21.6. The van der Waals surface area contributed by atoms with Gasteiger partial charge in [0.2, 0.25) is 0 Å². The molecular weight excluding hydrogens is 392 g/mol. The van der Waals surface area contributed by atoms with E-state index in [0.29, 0.717) is 29.3 Å². The molecule has 1 fully saturated rings. The molecule has 1 aliphatic heterocycles. The molecule has 6 nitrogen and oxygen atoms in total. The maximum atomic E-state index is 12.6. The Kier molecular flexibility index (Phi) is 6.67. The number of carbonyl (C=O) groups excluding carboxylic acids is 1. The van der Waals surface area contributed by atoms with E-state index >= 15 is 0 Å². The first-order valence-electron chi connectivity index (χ1n) is 10.9. The van der Waals surface area contributed by atoms with Crippen molar-refractivity contribution in [2.75, 3.05) is 25.0 Å². The van der Waals surface area contributed by atoms with Gasteiger partial charge in [0.25, 0.3) is 5.91 Å². The standard InChI is InChI=1S/C25H28N2O4/c1-2-27-15-6-5-8-20(27)14-16-30-21-12-10-19(11-13-21)26-24(28)22-17-18-7-3-4-9-23(18)31-25(22)29/h3-4,7,9-13,17,20H,2,5-6,8,14-16H2,1H3,(H,26,28). The van der Waals surface area contributed by atoms with Crippen molar-refractivity contribution in [3.8, 4) is 5.75 Å². The molecule has 3 aromatic rings. The quantitative estimate of drug-likeness (QED) is 0.562. The summed E-state index contributed by atoms with van der Waals surface area (Å²) in [6.07, 6.45) is 4.85. The zero-order valence-corrected chi connectivity index (χ0v) is 17.8. The third kappa shape index (κ3) is 5.14. The Bertz CT molecular complexity index is 1090. The molecule has 1 aromatic heterocycles. The fourth-order valence-electron chi connectivity index (χ4n) is 4.17. The maximum Gasteiger partial charge on any atom is 0.349 e. The van der Waals surface area contributed by atoms with Crippen LogP contribution in [0.2, 0.25) is 0 Å². The third-order valence-corrected chi connectivity index (χ3v) is 5.87. The number of anilines is 1. The minimum Gasteiger partial charge on any atom is -0.494 e. The Hall–Kier alpha value is -3.12. The lowest BCUT2D eigenvalue weighted by molar-refractivity contribution is 0.102. The van der Waals surface area contributed by atoms with Crippen LogP contribution < -0.4 is 15.7 Å². The Balaban J connectivity index is 1.34. The first-order valence-corrected chi connectivity index (χ1v) is 10.9. The SMILES string of the molecule is CCN1CCCCC1CCOc1ccc(NC(=O)c2cc3ccccc3oc2=O)cc1. The number of fused-ring (bicyclic) bond motifs is 1. The van der Waals surface area contributed by atoms with Crippen LogP contribution in [0.5, 0.6) is 5.75 Å². The average Bonchev–Trinajstić information content (AvgIpc) is 2.80. The van der Waals surface area contributed by atoms with Crippen molar-refractivity contribution in [1.82, 2.24) is 4.90 Å². The zero-order valence-electron chi connectivity index (χ0n) is 17.8. The number of likely N-dealkylation sites (tertiary alicyclic amines) is 1. The van der Waals surface area contributed by atoms with Gasteiger partial charge in [-0.1, -0.05) is 31.5 Å². The normalized spacial score (nSPS) is 16.9. The van der Waals surface area contributed by atoms with Crippen molar-refractivity contribution in [2.24, 2.45) is 0 Å². The summed E-state index contributed by atoms with van der Waals surface area (Å²) in [6, 6.07) is 16.5. The minimum atomic E-state index is -0.653. The summed E-state index contributed by atoms with van der Waals surface area (Å²) >= 11 is 0. The third-order valence-electron chi connectivity index (χ3n) is 5.87. The Morgan fingerprint density at radius 3 is 2.77 bits per heavy atom. The highest BCUT2D eigenvalue weighted by atomic mass is 16.5. The molecule has 2 aromatic carbocycles. The van der Waals surface area contributed by atoms with Gasteiger partial charge in [-0.05, 0) is 68.8 Å². The van der Waals surface area contributed by atoms with Crippen LogP contribution in [0.1, 0.15) is 43.0 Å². The molecule has 0 radical (unpaired) electrons. The summed E-state index contributed by atoms with van der Waals surface area (Å²) in [5.41, 5.74) is 0.377. The molecule has 1 atom stereocenters. The van der Waals surface area contributed by atoms with Crippen LogP contribution in [-0.2, 0) is 0 Å². The van der Waals surface area contributed by atoms with E-state index in [0.717, 1.165) is 18.7 Å². The Morgan fingerprint density at radius 2 is 1.97 bits per heavy atom. The van der Waals surface area contributed by atoms with E-state index in [2.05, 4.69) is 17.1 Å². The van der Waals surface area contributed by atoms with E-state index in [1.54, 1.807) is 36.4 Å². The molecule has 31 heavy (non-hydrogen) atoms. The van der Waals surface area contributed by atoms with Gasteiger partial charge in [0.1, 0.15) is 16.9 Å². The predicted octanol–water partition coefficient (Wildman–Crippen LogP) is 4.69. The summed E-state index contributed by atoms with van der Waals surface area (Å²) in [5, 5.41) is 3.46. The monoisotopic (exact) mass is 420 g/mol. The van der Waals surface area contributed by atoms with Crippen LogP contribution >= 0.6 is 0 Å². The molecule has 1 N–H and O–H groups in total. The van der Waals surface area contributed by atoms with Gasteiger partial charge in [-0.3, -0.25) is 4.79 Å². The summed E-state index contributed by atoms with van der Waals surface area (Å²) in [5.74, 6) is 0.271. The van der Waals surface area contributed by atoms with Gasteiger partial charge in [-0.15, -0.1) is 0 Å². The lowest BCUT2D eigenvalue weighted by atomic mass is 10.00. The number of para-hydroxylation sites is 1. The van der Waals surface area contributed by atoms with Gasteiger partial charge < -0.3 is 19.4 Å². The molecule has 0 saturated carbocycles. The molecule has 0 aliphatic carbocycles. The van der Waals surface area contributed by atoms with Crippen LogP contribution in [0.25, 0.3) is 11.0 Å². The molecule has 1 unspecified atom stereocenters. The lowest BCUT2D eigenvalue weighted by Gasteiger charge is -2.34. The van der Waals surface area contributed by atoms with Crippen molar-refractivity contribution in [3.05, 3.63) is 70.6 Å². The average molecular weight is 421 g/mol. The highest BCUT2D eigenvalue weighted by Crippen LogP contribution is 2.21. The van der Waals surface area contributed by atoms with Crippen molar-refractivity contribution >= 4 is 22.6 Å². The number of nitrogens with one attached hydrogen (secondary N) is 1. The van der Waals surface area contributed by atoms with Crippen LogP contribution in [0.3, 0.4) is 0 Å². The summed E-state index contributed by atoms with van der Waals surface area (Å²) < 4.78 is 11.1. The van der Waals surface area contributed by atoms with E-state index in [1.807, 2.05) is 18.2 Å². The van der Waals surface area contributed by atoms with Crippen LogP contribution in [0.15, 0.2) is 63.8 Å². The highest BCUT2D eigenvalue weighted by Gasteiger charge is 2.20. The van der Waals surface area contributed by atoms with Gasteiger partial charge in [-0.25, -0.2) is 4.79 Å². The van der Waals surface area contributed by atoms with Gasteiger partial charge in [0.15, 0.2) is 0 Å². The first kappa shape index (κ1) is 21.1. The van der Waals surface area contributed by atoms with Crippen LogP contribution in [-0.4, -0.2) is 36.5 Å². The van der Waals surface area contributed by atoms with E-state index in [9.17, 15) is 9.59 Å². The second kappa shape index (κ2) is 9.79. The Morgan fingerprint density at radius 1 is 1.16 bits per heavy atom. The number of ether oxygens (including phenoxy) is 1. The number of hydrogen-bond acceptors (Lipinski definition) is 5. The van der Waals surface area contributed by atoms with Crippen molar-refractivity contribution in [2.45, 2.75) is 38.6 Å². The van der Waals surface area contributed by atoms with Crippen LogP contribution in [0, 0.1) is 0 Å². The molecule has 1 saturated heterocycles. The number of nitrogens with zero attached hydrogens (tertiary/aromatic N) is 1. The number of carbonyl (C=O) groups is 1. The lowest BCUT2D eigenvalue weighted by Crippen LogP contribution is -2.40. The fraction of sp³-hybridized carbons (Fsp3) is 0.360. The van der Waals surface area contributed by atoms with E-state index in [1.165, 1.54) is 25.8 Å². The second-order valence-electron chi connectivity index (χ2n) is 7.88. The van der Waals surface area contributed by atoms with Gasteiger partial charge in [-0.2, -0.15) is 0 Å². The molecule has 162 valence electrons. The molecule has 1 amide bonds. The smallest absolute Gasteiger partial charge is 0.349 e. The van der Waals surface area contributed by atoms with E-state index in [4.69, 9.17) is 9.15 Å². The largest absolute Gasteiger partial charge is 0.494 e. The topological polar surface area (TPSA) is 71.8 Å². The van der Waals surface area contributed by atoms with E-state index in [-0.39, 0.29) is 5.56 Å². The summed E-state index contributed by atoms with van der Waals surface area (Å²) in [6.45, 7) is 5.17. The molecule has 2 heterocycles. The fourth-order valence-corrected chi connectivity index (χ4v) is 4.17. The van der Waals surface area contributed by atoms with Crippen molar-refractivity contribution in [1.29, 1.82) is 0 Å². The number of benzene rings is 2. The van der Waals surface area contributed by atoms with Gasteiger partial charge >= 0.3 is 5.63 Å². The van der Waals surface area contributed by atoms with Crippen LogP contribution in [0.4, 0.5) is 5.69 Å². The van der Waals surface area contributed by atoms with Crippen molar-refractivity contribution < 1.29 is 13.9 Å². The van der Waals surface area contributed by atoms with E-state index < -0.39 is 11.5 Å². The van der Waals surface area contributed by atoms with Gasteiger partial charge in [0, 0.05) is 17.1 Å². The maximum absolute atomic E-state index is 12.6. The predicted molar refractivity (Wildman–Crippen MR) is 122 cm³/mol. The molecular formula is C25H28N2O4. The Labute approximate surface area is 181 Å². The molecule has 1 aliphatic rings. The van der Waals surface area contributed by atoms with Crippen molar-refractivity contribution in [3.63, 3.8) is 0 Å². The molecule has 0 spiro atoms. The van der Waals surface area contributed by atoms with Gasteiger partial charge in [0.05, 0.1) is 6.61 Å². The number of amides is 1. The highest BCUT2D eigenvalue weighted by molar-refractivity contribution is 6.05. The number of piperidine rings is 1. The number of hydrogen-bond donors (Lipinski definition) is 1. The number of rotatable bonds is 7. The molecule has 4 rings (SSSR count). The molecule has 0 bridgehead atoms.